The Morgan fingerprint density at radius 3 is 2.55 bits per heavy atom. The number of aliphatic hydroxyl groups excluding tert-OH is 1. The van der Waals surface area contributed by atoms with Crippen LogP contribution in [0.5, 0.6) is 0 Å². The number of carbonyl (C=O) groups excluding carboxylic acids is 1. The maximum absolute atomic E-state index is 13.8. The van der Waals surface area contributed by atoms with Crippen molar-refractivity contribution < 1.29 is 9.90 Å². The summed E-state index contributed by atoms with van der Waals surface area (Å²) in [5, 5.41) is 13.8. The van der Waals surface area contributed by atoms with Gasteiger partial charge in [0, 0.05) is 23.8 Å². The number of para-hydroxylation sites is 1. The quantitative estimate of drug-likeness (QED) is 0.705. The number of fused-ring (bicyclic) bond motifs is 1. The third kappa shape index (κ3) is 4.65. The first kappa shape index (κ1) is 22.4. The number of aliphatic hydroxyl groups is 1. The molecule has 0 radical (unpaired) electrons. The molecule has 8 nitrogen and oxygen atoms in total. The van der Waals surface area contributed by atoms with Crippen LogP contribution < -0.4 is 15.1 Å². The minimum absolute atomic E-state index is 0.0744. The fraction of sp³-hybridized carbons (Fsp3) is 0.542. The minimum atomic E-state index is -0.208. The molecular formula is C24H31ClN6O2. The van der Waals surface area contributed by atoms with Gasteiger partial charge in [0.1, 0.15) is 5.82 Å². The SMILES string of the molecule is CN1CCC(N2C(=O)N(c3ccccc3Cl)Cc3cnc(N[C@H]4CC[C@H](O)CC4)nc32)CC1. The molecule has 1 saturated carbocycles. The van der Waals surface area contributed by atoms with Gasteiger partial charge in [0.05, 0.1) is 23.4 Å². The Hall–Kier alpha value is -2.42. The number of amides is 2. The predicted octanol–water partition coefficient (Wildman–Crippen LogP) is 3.89. The van der Waals surface area contributed by atoms with Crippen LogP contribution >= 0.6 is 11.6 Å². The van der Waals surface area contributed by atoms with Gasteiger partial charge in [-0.05, 0) is 70.8 Å². The molecule has 1 aliphatic carbocycles. The van der Waals surface area contributed by atoms with Crippen LogP contribution in [0.4, 0.5) is 22.2 Å². The Balaban J connectivity index is 1.47. The van der Waals surface area contributed by atoms with Crippen molar-refractivity contribution in [1.29, 1.82) is 0 Å². The first-order valence-corrected chi connectivity index (χ1v) is 12.2. The molecule has 0 unspecified atom stereocenters. The van der Waals surface area contributed by atoms with Gasteiger partial charge < -0.3 is 15.3 Å². The van der Waals surface area contributed by atoms with Crippen LogP contribution in [0.2, 0.25) is 5.02 Å². The summed E-state index contributed by atoms with van der Waals surface area (Å²) in [6, 6.07) is 7.68. The standard InChI is InChI=1S/C24H31ClN6O2/c1-29-12-10-18(11-13-29)31-22-16(15-30(24(31)33)21-5-3-2-4-20(21)25)14-26-23(28-22)27-17-6-8-19(32)9-7-17/h2-5,14,17-19,32H,6-13,15H2,1H3,(H,26,27,28)/t17-,19-. The summed E-state index contributed by atoms with van der Waals surface area (Å²) in [6.07, 6.45) is 6.77. The van der Waals surface area contributed by atoms with Gasteiger partial charge in [0.25, 0.3) is 0 Å². The number of urea groups is 1. The van der Waals surface area contributed by atoms with Crippen LogP contribution in [-0.4, -0.2) is 64.3 Å². The smallest absolute Gasteiger partial charge is 0.330 e. The molecule has 2 aromatic rings. The molecule has 5 rings (SSSR count). The molecule has 0 bridgehead atoms. The van der Waals surface area contributed by atoms with Gasteiger partial charge in [0.15, 0.2) is 0 Å². The summed E-state index contributed by atoms with van der Waals surface area (Å²) < 4.78 is 0. The lowest BCUT2D eigenvalue weighted by Gasteiger charge is -2.43. The molecular weight excluding hydrogens is 440 g/mol. The van der Waals surface area contributed by atoms with E-state index in [0.717, 1.165) is 57.2 Å². The Morgan fingerprint density at radius 1 is 1.09 bits per heavy atom. The number of nitrogens with one attached hydrogen (secondary N) is 1. The second kappa shape index (κ2) is 9.44. The number of hydrogen-bond acceptors (Lipinski definition) is 6. The third-order valence-corrected chi connectivity index (χ3v) is 7.38. The van der Waals surface area contributed by atoms with Crippen LogP contribution in [0.25, 0.3) is 0 Å². The fourth-order valence-electron chi connectivity index (χ4n) is 5.09. The minimum Gasteiger partial charge on any atom is -0.393 e. The van der Waals surface area contributed by atoms with Gasteiger partial charge in [-0.15, -0.1) is 0 Å². The first-order valence-electron chi connectivity index (χ1n) is 11.8. The summed E-state index contributed by atoms with van der Waals surface area (Å²) in [7, 11) is 2.11. The molecule has 1 aromatic carbocycles. The van der Waals surface area contributed by atoms with Gasteiger partial charge in [-0.3, -0.25) is 9.80 Å². The molecule has 9 heteroatoms. The van der Waals surface area contributed by atoms with Crippen molar-refractivity contribution in [2.45, 2.75) is 63.3 Å². The van der Waals surface area contributed by atoms with E-state index in [9.17, 15) is 9.90 Å². The molecule has 1 aromatic heterocycles. The molecule has 1 saturated heterocycles. The van der Waals surface area contributed by atoms with Gasteiger partial charge in [-0.25, -0.2) is 9.78 Å². The molecule has 2 N–H and O–H groups in total. The highest BCUT2D eigenvalue weighted by molar-refractivity contribution is 6.34. The number of hydrogen-bond donors (Lipinski definition) is 2. The van der Waals surface area contributed by atoms with Crippen LogP contribution in [-0.2, 0) is 6.54 Å². The summed E-state index contributed by atoms with van der Waals surface area (Å²) in [5.74, 6) is 1.25. The van der Waals surface area contributed by atoms with Gasteiger partial charge in [0.2, 0.25) is 5.95 Å². The number of piperidine rings is 1. The van der Waals surface area contributed by atoms with Crippen molar-refractivity contribution in [2.24, 2.45) is 0 Å². The normalized spacial score (nSPS) is 24.6. The highest BCUT2D eigenvalue weighted by Gasteiger charge is 2.39. The highest BCUT2D eigenvalue weighted by Crippen LogP contribution is 2.37. The Labute approximate surface area is 199 Å². The van der Waals surface area contributed by atoms with Crippen molar-refractivity contribution in [3.63, 3.8) is 0 Å². The lowest BCUT2D eigenvalue weighted by Crippen LogP contribution is -2.55. The van der Waals surface area contributed by atoms with Gasteiger partial charge in [-0.1, -0.05) is 23.7 Å². The van der Waals surface area contributed by atoms with Crippen molar-refractivity contribution in [1.82, 2.24) is 14.9 Å². The van der Waals surface area contributed by atoms with Gasteiger partial charge in [-0.2, -0.15) is 4.98 Å². The van der Waals surface area contributed by atoms with Crippen molar-refractivity contribution in [3.8, 4) is 0 Å². The maximum atomic E-state index is 13.8. The molecule has 33 heavy (non-hydrogen) atoms. The zero-order chi connectivity index (χ0) is 22.9. The van der Waals surface area contributed by atoms with E-state index in [1.54, 1.807) is 4.90 Å². The topological polar surface area (TPSA) is 84.8 Å². The Morgan fingerprint density at radius 2 is 1.82 bits per heavy atom. The average molecular weight is 471 g/mol. The lowest BCUT2D eigenvalue weighted by atomic mass is 9.93. The van der Waals surface area contributed by atoms with E-state index in [-0.39, 0.29) is 24.2 Å². The molecule has 0 spiro atoms. The molecule has 2 fully saturated rings. The molecule has 176 valence electrons. The molecule has 2 amide bonds. The van der Waals surface area contributed by atoms with Crippen molar-refractivity contribution in [2.75, 3.05) is 35.3 Å². The van der Waals surface area contributed by atoms with E-state index in [4.69, 9.17) is 16.6 Å². The second-order valence-electron chi connectivity index (χ2n) is 9.42. The van der Waals surface area contributed by atoms with Crippen molar-refractivity contribution in [3.05, 3.63) is 41.0 Å². The second-order valence-corrected chi connectivity index (χ2v) is 9.82. The van der Waals surface area contributed by atoms with E-state index in [1.807, 2.05) is 35.4 Å². The fourth-order valence-corrected chi connectivity index (χ4v) is 5.33. The molecule has 3 heterocycles. The number of likely N-dealkylation sites (tertiary alicyclic amines) is 1. The highest BCUT2D eigenvalue weighted by atomic mass is 35.5. The number of rotatable bonds is 4. The number of carbonyl (C=O) groups is 1. The van der Waals surface area contributed by atoms with E-state index in [0.29, 0.717) is 29.0 Å². The van der Waals surface area contributed by atoms with Crippen LogP contribution in [0.1, 0.15) is 44.1 Å². The molecule has 3 aliphatic rings. The van der Waals surface area contributed by atoms with Crippen LogP contribution in [0.15, 0.2) is 30.5 Å². The predicted molar refractivity (Wildman–Crippen MR) is 130 cm³/mol. The largest absolute Gasteiger partial charge is 0.393 e. The Bertz CT molecular complexity index is 1000. The van der Waals surface area contributed by atoms with E-state index >= 15 is 0 Å². The summed E-state index contributed by atoms with van der Waals surface area (Å²) in [4.78, 5) is 29.2. The van der Waals surface area contributed by atoms with E-state index in [2.05, 4.69) is 22.2 Å². The summed E-state index contributed by atoms with van der Waals surface area (Å²) in [6.45, 7) is 2.27. The number of benzene rings is 1. The van der Waals surface area contributed by atoms with Crippen molar-refractivity contribution >= 4 is 35.1 Å². The molecule has 0 atom stereocenters. The van der Waals surface area contributed by atoms with Gasteiger partial charge >= 0.3 is 6.03 Å². The van der Waals surface area contributed by atoms with E-state index in [1.165, 1.54) is 0 Å². The number of anilines is 3. The Kier molecular flexibility index (Phi) is 6.40. The number of aromatic nitrogens is 2. The third-order valence-electron chi connectivity index (χ3n) is 7.06. The molecule has 2 aliphatic heterocycles. The first-order chi connectivity index (χ1) is 16.0. The zero-order valence-corrected chi connectivity index (χ0v) is 19.7. The average Bonchev–Trinajstić information content (AvgIpc) is 2.82. The lowest BCUT2D eigenvalue weighted by molar-refractivity contribution is 0.126. The number of nitrogens with zero attached hydrogens (tertiary/aromatic N) is 5. The van der Waals surface area contributed by atoms with Crippen LogP contribution in [0.3, 0.4) is 0 Å². The zero-order valence-electron chi connectivity index (χ0n) is 19.0. The van der Waals surface area contributed by atoms with E-state index < -0.39 is 0 Å². The summed E-state index contributed by atoms with van der Waals surface area (Å²) in [5.41, 5.74) is 1.62. The maximum Gasteiger partial charge on any atom is 0.330 e. The summed E-state index contributed by atoms with van der Waals surface area (Å²) >= 11 is 6.47. The number of halogens is 1. The monoisotopic (exact) mass is 470 g/mol. The van der Waals surface area contributed by atoms with Crippen LogP contribution in [0, 0.1) is 0 Å².